The molecule has 0 saturated heterocycles. The zero-order valence-electron chi connectivity index (χ0n) is 17.9. The molecular formula is C26H23FN2O3. The molecule has 0 fully saturated rings. The van der Waals surface area contributed by atoms with Gasteiger partial charge in [0.15, 0.2) is 5.75 Å². The SMILES string of the molecule is CC(=O)Oc1c(-c2ccc(F)cc2)nn(Cc2ccc(OCc3ccccc3)cc2)c1C. The fourth-order valence-corrected chi connectivity index (χ4v) is 3.35. The molecule has 4 rings (SSSR count). The largest absolute Gasteiger partial charge is 0.489 e. The molecule has 0 aliphatic carbocycles. The highest BCUT2D eigenvalue weighted by molar-refractivity contribution is 5.75. The Morgan fingerprint density at radius 3 is 2.28 bits per heavy atom. The van der Waals surface area contributed by atoms with Gasteiger partial charge in [-0.25, -0.2) is 4.39 Å². The van der Waals surface area contributed by atoms with Gasteiger partial charge >= 0.3 is 5.97 Å². The van der Waals surface area contributed by atoms with Crippen LogP contribution in [0.15, 0.2) is 78.9 Å². The number of ether oxygens (including phenoxy) is 2. The Morgan fingerprint density at radius 1 is 0.938 bits per heavy atom. The Bertz CT molecular complexity index is 1200. The van der Waals surface area contributed by atoms with E-state index in [1.165, 1.54) is 19.1 Å². The second-order valence-electron chi connectivity index (χ2n) is 7.44. The summed E-state index contributed by atoms with van der Waals surface area (Å²) >= 11 is 0. The van der Waals surface area contributed by atoms with Gasteiger partial charge in [-0.2, -0.15) is 5.10 Å². The van der Waals surface area contributed by atoms with Crippen molar-refractivity contribution in [2.45, 2.75) is 27.0 Å². The molecular weight excluding hydrogens is 407 g/mol. The van der Waals surface area contributed by atoms with Gasteiger partial charge in [-0.1, -0.05) is 42.5 Å². The third-order valence-electron chi connectivity index (χ3n) is 5.02. The molecule has 0 spiro atoms. The molecule has 3 aromatic carbocycles. The van der Waals surface area contributed by atoms with Gasteiger partial charge in [0.1, 0.15) is 23.9 Å². The van der Waals surface area contributed by atoms with Crippen LogP contribution in [0.25, 0.3) is 11.3 Å². The van der Waals surface area contributed by atoms with Gasteiger partial charge in [0, 0.05) is 12.5 Å². The van der Waals surface area contributed by atoms with Gasteiger partial charge in [0.05, 0.1) is 12.2 Å². The molecule has 0 radical (unpaired) electrons. The first-order valence-corrected chi connectivity index (χ1v) is 10.3. The summed E-state index contributed by atoms with van der Waals surface area (Å²) < 4.78 is 26.4. The zero-order valence-corrected chi connectivity index (χ0v) is 17.9. The lowest BCUT2D eigenvalue weighted by Crippen LogP contribution is -2.06. The summed E-state index contributed by atoms with van der Waals surface area (Å²) in [6.45, 7) is 4.18. The normalized spacial score (nSPS) is 10.7. The molecule has 1 aromatic heterocycles. The van der Waals surface area contributed by atoms with Crippen molar-refractivity contribution in [3.8, 4) is 22.8 Å². The van der Waals surface area contributed by atoms with Crippen molar-refractivity contribution < 1.29 is 18.7 Å². The predicted octanol–water partition coefficient (Wildman–Crippen LogP) is 5.55. The van der Waals surface area contributed by atoms with Gasteiger partial charge in [0.25, 0.3) is 0 Å². The maximum Gasteiger partial charge on any atom is 0.308 e. The van der Waals surface area contributed by atoms with E-state index in [1.807, 2.05) is 61.5 Å². The summed E-state index contributed by atoms with van der Waals surface area (Å²) in [5.74, 6) is 0.388. The number of rotatable bonds is 7. The first-order chi connectivity index (χ1) is 15.5. The quantitative estimate of drug-likeness (QED) is 0.361. The van der Waals surface area contributed by atoms with Gasteiger partial charge in [0.2, 0.25) is 0 Å². The van der Waals surface area contributed by atoms with Crippen molar-refractivity contribution in [2.24, 2.45) is 0 Å². The highest BCUT2D eigenvalue weighted by atomic mass is 19.1. The zero-order chi connectivity index (χ0) is 22.5. The minimum atomic E-state index is -0.434. The molecule has 0 amide bonds. The predicted molar refractivity (Wildman–Crippen MR) is 120 cm³/mol. The first-order valence-electron chi connectivity index (χ1n) is 10.3. The summed E-state index contributed by atoms with van der Waals surface area (Å²) in [5.41, 5.74) is 4.01. The van der Waals surface area contributed by atoms with E-state index in [1.54, 1.807) is 16.8 Å². The molecule has 6 heteroatoms. The summed E-state index contributed by atoms with van der Waals surface area (Å²) in [5, 5.41) is 4.64. The molecule has 0 saturated carbocycles. The highest BCUT2D eigenvalue weighted by Gasteiger charge is 2.19. The number of carbonyl (C=O) groups is 1. The molecule has 0 aliphatic heterocycles. The van der Waals surface area contributed by atoms with Crippen LogP contribution in [0, 0.1) is 12.7 Å². The average Bonchev–Trinajstić information content (AvgIpc) is 3.09. The van der Waals surface area contributed by atoms with Crippen LogP contribution in [0.3, 0.4) is 0 Å². The Balaban J connectivity index is 1.53. The number of hydrogen-bond acceptors (Lipinski definition) is 4. The van der Waals surface area contributed by atoms with Crippen molar-refractivity contribution in [1.29, 1.82) is 0 Å². The minimum absolute atomic E-state index is 0.339. The van der Waals surface area contributed by atoms with Crippen LogP contribution < -0.4 is 9.47 Å². The third-order valence-corrected chi connectivity index (χ3v) is 5.02. The van der Waals surface area contributed by atoms with Crippen molar-refractivity contribution >= 4 is 5.97 Å². The molecule has 0 atom stereocenters. The van der Waals surface area contributed by atoms with E-state index in [0.717, 1.165) is 16.9 Å². The number of carbonyl (C=O) groups excluding carboxylic acids is 1. The van der Waals surface area contributed by atoms with Gasteiger partial charge in [-0.3, -0.25) is 9.48 Å². The van der Waals surface area contributed by atoms with E-state index in [9.17, 15) is 9.18 Å². The summed E-state index contributed by atoms with van der Waals surface area (Å²) in [7, 11) is 0. The van der Waals surface area contributed by atoms with Crippen LogP contribution in [-0.4, -0.2) is 15.7 Å². The molecule has 1 heterocycles. The highest BCUT2D eigenvalue weighted by Crippen LogP contribution is 2.33. The Morgan fingerprint density at radius 2 is 1.62 bits per heavy atom. The van der Waals surface area contributed by atoms with Crippen LogP contribution in [0.4, 0.5) is 4.39 Å². The van der Waals surface area contributed by atoms with E-state index >= 15 is 0 Å². The molecule has 0 aliphatic rings. The van der Waals surface area contributed by atoms with Gasteiger partial charge in [-0.05, 0) is 54.4 Å². The third kappa shape index (κ3) is 5.03. The number of nitrogens with zero attached hydrogens (tertiary/aromatic N) is 2. The Labute approximate surface area is 186 Å². The molecule has 0 N–H and O–H groups in total. The lowest BCUT2D eigenvalue weighted by molar-refractivity contribution is -0.131. The van der Waals surface area contributed by atoms with Crippen LogP contribution in [0.1, 0.15) is 23.7 Å². The first kappa shape index (κ1) is 21.3. The van der Waals surface area contributed by atoms with E-state index in [2.05, 4.69) is 5.10 Å². The van der Waals surface area contributed by atoms with Crippen LogP contribution >= 0.6 is 0 Å². The van der Waals surface area contributed by atoms with Crippen LogP contribution in [0.2, 0.25) is 0 Å². The minimum Gasteiger partial charge on any atom is -0.489 e. The second-order valence-corrected chi connectivity index (χ2v) is 7.44. The topological polar surface area (TPSA) is 53.3 Å². The average molecular weight is 430 g/mol. The summed E-state index contributed by atoms with van der Waals surface area (Å²) in [6, 6.07) is 23.7. The smallest absolute Gasteiger partial charge is 0.308 e. The standard InChI is InChI=1S/C26H23FN2O3/c1-18-26(32-19(2)30)25(22-10-12-23(27)13-11-22)28-29(18)16-20-8-14-24(15-9-20)31-17-21-6-4-3-5-7-21/h3-15H,16-17H2,1-2H3. The number of esters is 1. The Hall–Kier alpha value is -3.93. The molecule has 0 unspecified atom stereocenters. The fourth-order valence-electron chi connectivity index (χ4n) is 3.35. The van der Waals surface area contributed by atoms with Crippen LogP contribution in [0.5, 0.6) is 11.5 Å². The van der Waals surface area contributed by atoms with E-state index < -0.39 is 5.97 Å². The van der Waals surface area contributed by atoms with Crippen molar-refractivity contribution in [2.75, 3.05) is 0 Å². The van der Waals surface area contributed by atoms with Gasteiger partial charge in [-0.15, -0.1) is 0 Å². The number of aromatic nitrogens is 2. The van der Waals surface area contributed by atoms with Crippen molar-refractivity contribution in [3.05, 3.63) is 102 Å². The molecule has 4 aromatic rings. The monoisotopic (exact) mass is 430 g/mol. The van der Waals surface area contributed by atoms with Crippen LogP contribution in [-0.2, 0) is 17.9 Å². The van der Waals surface area contributed by atoms with Gasteiger partial charge < -0.3 is 9.47 Å². The molecule has 0 bridgehead atoms. The molecule has 162 valence electrons. The fraction of sp³-hybridized carbons (Fsp3) is 0.154. The lowest BCUT2D eigenvalue weighted by Gasteiger charge is -2.08. The maximum absolute atomic E-state index is 13.3. The van der Waals surface area contributed by atoms with E-state index in [-0.39, 0.29) is 5.82 Å². The molecule has 32 heavy (non-hydrogen) atoms. The molecule has 5 nitrogen and oxygen atoms in total. The van der Waals surface area contributed by atoms with E-state index in [4.69, 9.17) is 9.47 Å². The Kier molecular flexibility index (Phi) is 6.31. The summed E-state index contributed by atoms with van der Waals surface area (Å²) in [6.07, 6.45) is 0. The second kappa shape index (κ2) is 9.47. The van der Waals surface area contributed by atoms with Crippen molar-refractivity contribution in [1.82, 2.24) is 9.78 Å². The summed E-state index contributed by atoms with van der Waals surface area (Å²) in [4.78, 5) is 11.6. The number of benzene rings is 3. The number of hydrogen-bond donors (Lipinski definition) is 0. The van der Waals surface area contributed by atoms with Crippen molar-refractivity contribution in [3.63, 3.8) is 0 Å². The van der Waals surface area contributed by atoms with E-state index in [0.29, 0.717) is 35.9 Å². The lowest BCUT2D eigenvalue weighted by atomic mass is 10.1. The number of halogens is 1. The maximum atomic E-state index is 13.3.